The molecule has 1 aromatic heterocycles. The summed E-state index contributed by atoms with van der Waals surface area (Å²) in [6, 6.07) is 11.2. The van der Waals surface area contributed by atoms with E-state index in [0.29, 0.717) is 13.1 Å². The lowest BCUT2D eigenvalue weighted by Crippen LogP contribution is -2.34. The van der Waals surface area contributed by atoms with E-state index in [1.165, 1.54) is 0 Å². The minimum Gasteiger partial charge on any atom is -0.491 e. The van der Waals surface area contributed by atoms with E-state index in [1.807, 2.05) is 51.1 Å². The van der Waals surface area contributed by atoms with E-state index in [-0.39, 0.29) is 36.3 Å². The maximum absolute atomic E-state index is 12.6. The maximum atomic E-state index is 12.6. The van der Waals surface area contributed by atoms with Crippen molar-refractivity contribution in [1.82, 2.24) is 10.2 Å². The van der Waals surface area contributed by atoms with Crippen LogP contribution in [0.25, 0.3) is 0 Å². The molecular formula is C21H26N2O4. The minimum atomic E-state index is -0.335. The Kier molecular flexibility index (Phi) is 5.84. The highest BCUT2D eigenvalue weighted by Crippen LogP contribution is 2.23. The van der Waals surface area contributed by atoms with Gasteiger partial charge in [-0.15, -0.1) is 0 Å². The van der Waals surface area contributed by atoms with Crippen LogP contribution in [-0.2, 0) is 16.1 Å². The largest absolute Gasteiger partial charge is 0.491 e. The maximum Gasteiger partial charge on any atom is 0.225 e. The second kappa shape index (κ2) is 8.29. The number of benzene rings is 1. The van der Waals surface area contributed by atoms with Gasteiger partial charge < -0.3 is 19.4 Å². The fourth-order valence-electron chi connectivity index (χ4n) is 3.21. The molecule has 3 rings (SSSR count). The molecule has 0 bridgehead atoms. The number of rotatable bonds is 7. The highest BCUT2D eigenvalue weighted by Gasteiger charge is 2.35. The number of amides is 2. The molecule has 0 spiro atoms. The molecule has 1 aliphatic rings. The molecule has 1 aromatic carbocycles. The van der Waals surface area contributed by atoms with Gasteiger partial charge in [0, 0.05) is 13.0 Å². The van der Waals surface area contributed by atoms with E-state index in [4.69, 9.17) is 9.15 Å². The SMILES string of the molecule is CC(C)Oc1ccc(C(C)NC(=O)C2CC(=O)N(Cc3ccco3)C2)cc1. The quantitative estimate of drug-likeness (QED) is 0.812. The lowest BCUT2D eigenvalue weighted by atomic mass is 10.0. The molecule has 2 aromatic rings. The van der Waals surface area contributed by atoms with Gasteiger partial charge in [0.05, 0.1) is 30.9 Å². The zero-order valence-corrected chi connectivity index (χ0v) is 16.0. The zero-order valence-electron chi connectivity index (χ0n) is 16.0. The number of ether oxygens (including phenoxy) is 1. The monoisotopic (exact) mass is 370 g/mol. The molecule has 2 amide bonds. The second-order valence-electron chi connectivity index (χ2n) is 7.22. The number of carbonyl (C=O) groups excluding carboxylic acids is 2. The summed E-state index contributed by atoms with van der Waals surface area (Å²) in [6.07, 6.45) is 1.94. The van der Waals surface area contributed by atoms with Crippen molar-refractivity contribution in [2.24, 2.45) is 5.92 Å². The summed E-state index contributed by atoms with van der Waals surface area (Å²) in [5, 5.41) is 3.02. The fourth-order valence-corrected chi connectivity index (χ4v) is 3.21. The van der Waals surface area contributed by atoms with Crippen molar-refractivity contribution < 1.29 is 18.7 Å². The van der Waals surface area contributed by atoms with E-state index in [2.05, 4.69) is 5.32 Å². The van der Waals surface area contributed by atoms with E-state index in [9.17, 15) is 9.59 Å². The molecule has 1 N–H and O–H groups in total. The van der Waals surface area contributed by atoms with E-state index >= 15 is 0 Å². The molecule has 1 fully saturated rings. The average molecular weight is 370 g/mol. The Balaban J connectivity index is 1.54. The Hall–Kier alpha value is -2.76. The summed E-state index contributed by atoms with van der Waals surface area (Å²) >= 11 is 0. The van der Waals surface area contributed by atoms with Gasteiger partial charge in [-0.05, 0) is 50.6 Å². The summed E-state index contributed by atoms with van der Waals surface area (Å²) in [5.74, 6) is 1.08. The van der Waals surface area contributed by atoms with Crippen LogP contribution in [0, 0.1) is 5.92 Å². The van der Waals surface area contributed by atoms with E-state index in [0.717, 1.165) is 17.1 Å². The predicted molar refractivity (Wildman–Crippen MR) is 101 cm³/mol. The lowest BCUT2D eigenvalue weighted by Gasteiger charge is -2.19. The van der Waals surface area contributed by atoms with Gasteiger partial charge in [-0.3, -0.25) is 9.59 Å². The van der Waals surface area contributed by atoms with Crippen molar-refractivity contribution in [2.75, 3.05) is 6.54 Å². The molecular weight excluding hydrogens is 344 g/mol. The third-order valence-electron chi connectivity index (χ3n) is 4.62. The third-order valence-corrected chi connectivity index (χ3v) is 4.62. The highest BCUT2D eigenvalue weighted by molar-refractivity contribution is 5.89. The summed E-state index contributed by atoms with van der Waals surface area (Å²) < 4.78 is 10.9. The number of nitrogens with one attached hydrogen (secondary N) is 1. The highest BCUT2D eigenvalue weighted by atomic mass is 16.5. The normalized spacial score (nSPS) is 18.0. The Morgan fingerprint density at radius 1 is 1.26 bits per heavy atom. The first-order valence-corrected chi connectivity index (χ1v) is 9.29. The Labute approximate surface area is 159 Å². The summed E-state index contributed by atoms with van der Waals surface area (Å²) in [5.41, 5.74) is 0.997. The summed E-state index contributed by atoms with van der Waals surface area (Å²) in [4.78, 5) is 26.5. The molecule has 1 saturated heterocycles. The van der Waals surface area contributed by atoms with Crippen molar-refractivity contribution in [2.45, 2.75) is 45.9 Å². The average Bonchev–Trinajstić information content (AvgIpc) is 3.25. The van der Waals surface area contributed by atoms with Crippen molar-refractivity contribution in [3.8, 4) is 5.75 Å². The van der Waals surface area contributed by atoms with Crippen LogP contribution in [0.3, 0.4) is 0 Å². The van der Waals surface area contributed by atoms with Gasteiger partial charge in [-0.25, -0.2) is 0 Å². The first kappa shape index (κ1) is 19.0. The first-order chi connectivity index (χ1) is 12.9. The molecule has 0 saturated carbocycles. The van der Waals surface area contributed by atoms with Gasteiger partial charge in [0.15, 0.2) is 0 Å². The minimum absolute atomic E-state index is 0.0191. The molecule has 1 aliphatic heterocycles. The molecule has 0 radical (unpaired) electrons. The van der Waals surface area contributed by atoms with Gasteiger partial charge in [0.2, 0.25) is 11.8 Å². The zero-order chi connectivity index (χ0) is 19.4. The molecule has 6 heteroatoms. The van der Waals surface area contributed by atoms with Crippen molar-refractivity contribution in [3.05, 3.63) is 54.0 Å². The molecule has 2 unspecified atom stereocenters. The van der Waals surface area contributed by atoms with E-state index < -0.39 is 0 Å². The van der Waals surface area contributed by atoms with Crippen molar-refractivity contribution in [1.29, 1.82) is 0 Å². The van der Waals surface area contributed by atoms with Crippen LogP contribution in [0.4, 0.5) is 0 Å². The second-order valence-corrected chi connectivity index (χ2v) is 7.22. The summed E-state index contributed by atoms with van der Waals surface area (Å²) in [7, 11) is 0. The van der Waals surface area contributed by atoms with Crippen LogP contribution in [0.1, 0.15) is 44.6 Å². The number of hydrogen-bond acceptors (Lipinski definition) is 4. The van der Waals surface area contributed by atoms with Crippen LogP contribution < -0.4 is 10.1 Å². The lowest BCUT2D eigenvalue weighted by molar-refractivity contribution is -0.129. The Morgan fingerprint density at radius 2 is 2.00 bits per heavy atom. The van der Waals surface area contributed by atoms with Crippen molar-refractivity contribution >= 4 is 11.8 Å². The molecule has 0 aliphatic carbocycles. The number of hydrogen-bond donors (Lipinski definition) is 1. The summed E-state index contributed by atoms with van der Waals surface area (Å²) in [6.45, 7) is 6.72. The van der Waals surface area contributed by atoms with Gasteiger partial charge in [0.25, 0.3) is 0 Å². The predicted octanol–water partition coefficient (Wildman–Crippen LogP) is 3.29. The van der Waals surface area contributed by atoms with E-state index in [1.54, 1.807) is 17.2 Å². The van der Waals surface area contributed by atoms with Crippen LogP contribution in [0.2, 0.25) is 0 Å². The van der Waals surface area contributed by atoms with Gasteiger partial charge in [0.1, 0.15) is 11.5 Å². The van der Waals surface area contributed by atoms with Crippen LogP contribution in [0.5, 0.6) is 5.75 Å². The first-order valence-electron chi connectivity index (χ1n) is 9.29. The molecule has 144 valence electrons. The van der Waals surface area contributed by atoms with Crippen LogP contribution in [-0.4, -0.2) is 29.4 Å². The molecule has 27 heavy (non-hydrogen) atoms. The topological polar surface area (TPSA) is 71.8 Å². The number of furan rings is 1. The van der Waals surface area contributed by atoms with Crippen LogP contribution >= 0.6 is 0 Å². The van der Waals surface area contributed by atoms with Crippen molar-refractivity contribution in [3.63, 3.8) is 0 Å². The molecule has 2 atom stereocenters. The van der Waals surface area contributed by atoms with Gasteiger partial charge >= 0.3 is 0 Å². The fraction of sp³-hybridized carbons (Fsp3) is 0.429. The van der Waals surface area contributed by atoms with Crippen LogP contribution in [0.15, 0.2) is 47.1 Å². The standard InChI is InChI=1S/C21H26N2O4/c1-14(2)27-18-8-6-16(7-9-18)15(3)22-21(25)17-11-20(24)23(12-17)13-19-5-4-10-26-19/h4-10,14-15,17H,11-13H2,1-3H3,(H,22,25). The van der Waals surface area contributed by atoms with Gasteiger partial charge in [-0.1, -0.05) is 12.1 Å². The molecule has 6 nitrogen and oxygen atoms in total. The number of carbonyl (C=O) groups is 2. The Morgan fingerprint density at radius 3 is 2.63 bits per heavy atom. The number of likely N-dealkylation sites (tertiary alicyclic amines) is 1. The third kappa shape index (κ3) is 4.90. The smallest absolute Gasteiger partial charge is 0.225 e. The molecule has 2 heterocycles. The number of nitrogens with zero attached hydrogens (tertiary/aromatic N) is 1. The van der Waals surface area contributed by atoms with Gasteiger partial charge in [-0.2, -0.15) is 0 Å². The Bertz CT molecular complexity index is 768.